The first kappa shape index (κ1) is 16.4. The van der Waals surface area contributed by atoms with Gasteiger partial charge in [-0.2, -0.15) is 0 Å². The number of carbonyl (C=O) groups excluding carboxylic acids is 1. The number of rotatable bonds is 3. The number of likely N-dealkylation sites (tertiary alicyclic amines) is 1. The summed E-state index contributed by atoms with van der Waals surface area (Å²) in [6, 6.07) is 7.40. The molecule has 0 bridgehead atoms. The number of carbonyl (C=O) groups is 1. The summed E-state index contributed by atoms with van der Waals surface area (Å²) in [7, 11) is 0. The second-order valence-corrected chi connectivity index (χ2v) is 7.47. The molecule has 1 aromatic carbocycles. The highest BCUT2D eigenvalue weighted by Gasteiger charge is 2.28. The minimum absolute atomic E-state index is 0.0494. The van der Waals surface area contributed by atoms with Gasteiger partial charge in [-0.1, -0.05) is 11.6 Å². The Bertz CT molecular complexity index is 895. The molecule has 4 rings (SSSR count). The number of hydrogen-bond donors (Lipinski definition) is 0. The van der Waals surface area contributed by atoms with Crippen molar-refractivity contribution in [3.63, 3.8) is 0 Å². The average molecular weight is 376 g/mol. The molecule has 1 fully saturated rings. The van der Waals surface area contributed by atoms with Crippen LogP contribution in [-0.4, -0.2) is 39.4 Å². The summed E-state index contributed by atoms with van der Waals surface area (Å²) in [5.74, 6) is 0.870. The number of nitrogens with zero attached hydrogens (tertiary/aromatic N) is 3. The zero-order valence-corrected chi connectivity index (χ0v) is 15.4. The number of aryl methyl sites for hydroxylation is 1. The summed E-state index contributed by atoms with van der Waals surface area (Å²) >= 11 is 7.44. The molecule has 0 N–H and O–H groups in total. The largest absolute Gasteiger partial charge is 0.490 e. The van der Waals surface area contributed by atoms with Crippen molar-refractivity contribution in [2.75, 3.05) is 13.1 Å². The zero-order valence-electron chi connectivity index (χ0n) is 13.8. The first-order chi connectivity index (χ1) is 12.1. The van der Waals surface area contributed by atoms with Crippen LogP contribution in [0.25, 0.3) is 4.96 Å². The van der Waals surface area contributed by atoms with Crippen molar-refractivity contribution in [2.24, 2.45) is 0 Å². The topological polar surface area (TPSA) is 46.8 Å². The number of fused-ring (bicyclic) bond motifs is 1. The monoisotopic (exact) mass is 375 g/mol. The van der Waals surface area contributed by atoms with Crippen molar-refractivity contribution in [3.05, 3.63) is 52.3 Å². The number of amides is 1. The molecular weight excluding hydrogens is 358 g/mol. The quantitative estimate of drug-likeness (QED) is 0.694. The van der Waals surface area contributed by atoms with Crippen LogP contribution in [0.3, 0.4) is 0 Å². The standard InChI is InChI=1S/C18H18ClN3O2S/c1-12-16(22-10-11-25-18(22)20-12)17(23)21-8-6-15(7-9-21)24-14-4-2-13(19)3-5-14/h2-5,10-11,15H,6-9H2,1H3. The number of piperidine rings is 1. The van der Waals surface area contributed by atoms with Crippen molar-refractivity contribution >= 4 is 33.8 Å². The molecule has 0 atom stereocenters. The third-order valence-electron chi connectivity index (χ3n) is 4.48. The zero-order chi connectivity index (χ0) is 17.4. The van der Waals surface area contributed by atoms with Gasteiger partial charge in [-0.15, -0.1) is 11.3 Å². The molecule has 130 valence electrons. The number of benzene rings is 1. The maximum atomic E-state index is 12.9. The molecule has 1 saturated heterocycles. The van der Waals surface area contributed by atoms with E-state index in [1.165, 1.54) is 0 Å². The van der Waals surface area contributed by atoms with E-state index in [0.717, 1.165) is 29.2 Å². The van der Waals surface area contributed by atoms with Crippen molar-refractivity contribution in [1.29, 1.82) is 0 Å². The molecule has 2 aromatic heterocycles. The lowest BCUT2D eigenvalue weighted by molar-refractivity contribution is 0.0588. The SMILES string of the molecule is Cc1nc2sccn2c1C(=O)N1CCC(Oc2ccc(Cl)cc2)CC1. The molecule has 0 unspecified atom stereocenters. The van der Waals surface area contributed by atoms with Gasteiger partial charge in [-0.05, 0) is 31.2 Å². The Morgan fingerprint density at radius 2 is 2.00 bits per heavy atom. The van der Waals surface area contributed by atoms with Gasteiger partial charge in [0.05, 0.1) is 5.69 Å². The van der Waals surface area contributed by atoms with Gasteiger partial charge in [-0.25, -0.2) is 4.98 Å². The van der Waals surface area contributed by atoms with E-state index in [0.29, 0.717) is 23.8 Å². The fourth-order valence-electron chi connectivity index (χ4n) is 3.18. The van der Waals surface area contributed by atoms with Gasteiger partial charge in [0.1, 0.15) is 17.5 Å². The molecule has 5 nitrogen and oxygen atoms in total. The van der Waals surface area contributed by atoms with Gasteiger partial charge in [0.15, 0.2) is 4.96 Å². The van der Waals surface area contributed by atoms with Crippen LogP contribution in [0.1, 0.15) is 29.0 Å². The highest BCUT2D eigenvalue weighted by atomic mass is 35.5. The summed E-state index contributed by atoms with van der Waals surface area (Å²) in [5, 5.41) is 2.65. The highest BCUT2D eigenvalue weighted by Crippen LogP contribution is 2.23. The lowest BCUT2D eigenvalue weighted by atomic mass is 10.1. The van der Waals surface area contributed by atoms with E-state index >= 15 is 0 Å². The Labute approximate surface area is 154 Å². The van der Waals surface area contributed by atoms with Crippen molar-refractivity contribution in [1.82, 2.24) is 14.3 Å². The second kappa shape index (κ2) is 6.69. The molecule has 1 aliphatic rings. The van der Waals surface area contributed by atoms with Crippen molar-refractivity contribution in [3.8, 4) is 5.75 Å². The number of imidazole rings is 1. The number of ether oxygens (including phenoxy) is 1. The number of hydrogen-bond acceptors (Lipinski definition) is 4. The Morgan fingerprint density at radius 3 is 2.72 bits per heavy atom. The summed E-state index contributed by atoms with van der Waals surface area (Å²) in [6.45, 7) is 3.27. The average Bonchev–Trinajstić information content (AvgIpc) is 3.17. The van der Waals surface area contributed by atoms with Gasteiger partial charge < -0.3 is 9.64 Å². The van der Waals surface area contributed by atoms with Crippen LogP contribution in [0.5, 0.6) is 5.75 Å². The number of aromatic nitrogens is 2. The first-order valence-electron chi connectivity index (χ1n) is 8.25. The van der Waals surface area contributed by atoms with Gasteiger partial charge in [-0.3, -0.25) is 9.20 Å². The third kappa shape index (κ3) is 3.24. The summed E-state index contributed by atoms with van der Waals surface area (Å²) in [4.78, 5) is 20.1. The van der Waals surface area contributed by atoms with Gasteiger partial charge in [0.25, 0.3) is 5.91 Å². The fraction of sp³-hybridized carbons (Fsp3) is 0.333. The molecule has 0 aliphatic carbocycles. The fourth-order valence-corrected chi connectivity index (χ4v) is 4.07. The van der Waals surface area contributed by atoms with Gasteiger partial charge in [0, 0.05) is 42.5 Å². The Hall–Kier alpha value is -2.05. The van der Waals surface area contributed by atoms with Gasteiger partial charge >= 0.3 is 0 Å². The van der Waals surface area contributed by atoms with E-state index in [4.69, 9.17) is 16.3 Å². The number of thiazole rings is 1. The van der Waals surface area contributed by atoms with Crippen molar-refractivity contribution in [2.45, 2.75) is 25.9 Å². The lowest BCUT2D eigenvalue weighted by Gasteiger charge is -2.32. The van der Waals surface area contributed by atoms with E-state index in [9.17, 15) is 4.79 Å². The van der Waals surface area contributed by atoms with Crippen molar-refractivity contribution < 1.29 is 9.53 Å². The minimum Gasteiger partial charge on any atom is -0.490 e. The summed E-state index contributed by atoms with van der Waals surface area (Å²) < 4.78 is 7.89. The molecule has 25 heavy (non-hydrogen) atoms. The van der Waals surface area contributed by atoms with E-state index in [1.54, 1.807) is 11.3 Å². The van der Waals surface area contributed by atoms with Crippen LogP contribution >= 0.6 is 22.9 Å². The molecule has 0 saturated carbocycles. The lowest BCUT2D eigenvalue weighted by Crippen LogP contribution is -2.42. The smallest absolute Gasteiger partial charge is 0.272 e. The maximum absolute atomic E-state index is 12.9. The molecule has 3 heterocycles. The van der Waals surface area contributed by atoms with E-state index < -0.39 is 0 Å². The third-order valence-corrected chi connectivity index (χ3v) is 5.49. The van der Waals surface area contributed by atoms with E-state index in [-0.39, 0.29) is 12.0 Å². The number of halogens is 1. The van der Waals surface area contributed by atoms with E-state index in [2.05, 4.69) is 4.98 Å². The molecule has 3 aromatic rings. The van der Waals surface area contributed by atoms with Crippen LogP contribution in [0.4, 0.5) is 0 Å². The van der Waals surface area contributed by atoms with Crippen LogP contribution in [0, 0.1) is 6.92 Å². The second-order valence-electron chi connectivity index (χ2n) is 6.16. The minimum atomic E-state index is 0.0494. The van der Waals surface area contributed by atoms with Crippen LogP contribution in [0.2, 0.25) is 5.02 Å². The summed E-state index contributed by atoms with van der Waals surface area (Å²) in [6.07, 6.45) is 3.67. The normalized spacial score (nSPS) is 15.7. The van der Waals surface area contributed by atoms with Crippen LogP contribution in [0.15, 0.2) is 35.8 Å². The molecule has 0 radical (unpaired) electrons. The Balaban J connectivity index is 1.41. The molecule has 1 aliphatic heterocycles. The Kier molecular flexibility index (Phi) is 4.39. The van der Waals surface area contributed by atoms with Crippen LogP contribution in [-0.2, 0) is 0 Å². The first-order valence-corrected chi connectivity index (χ1v) is 9.51. The molecule has 7 heteroatoms. The maximum Gasteiger partial charge on any atom is 0.272 e. The highest BCUT2D eigenvalue weighted by molar-refractivity contribution is 7.15. The molecule has 0 spiro atoms. The predicted molar refractivity (Wildman–Crippen MR) is 98.8 cm³/mol. The molecular formula is C18H18ClN3O2S. The summed E-state index contributed by atoms with van der Waals surface area (Å²) in [5.41, 5.74) is 1.46. The van der Waals surface area contributed by atoms with Crippen LogP contribution < -0.4 is 4.74 Å². The van der Waals surface area contributed by atoms with E-state index in [1.807, 2.05) is 52.1 Å². The molecule has 1 amide bonds. The Morgan fingerprint density at radius 1 is 1.28 bits per heavy atom. The van der Waals surface area contributed by atoms with Gasteiger partial charge in [0.2, 0.25) is 0 Å². The predicted octanol–water partition coefficient (Wildman–Crippen LogP) is 4.04.